The highest BCUT2D eigenvalue weighted by molar-refractivity contribution is 6.00. The third kappa shape index (κ3) is 2.84. The Morgan fingerprint density at radius 1 is 1.44 bits per heavy atom. The number of hydrogen-bond donors (Lipinski definition) is 1. The summed E-state index contributed by atoms with van der Waals surface area (Å²) in [5.41, 5.74) is 8.19. The van der Waals surface area contributed by atoms with Crippen molar-refractivity contribution in [1.29, 1.82) is 0 Å². The van der Waals surface area contributed by atoms with Crippen molar-refractivity contribution in [2.24, 2.45) is 5.92 Å². The molecule has 0 saturated heterocycles. The Balaban J connectivity index is 2.29. The van der Waals surface area contributed by atoms with Gasteiger partial charge in [0.15, 0.2) is 5.78 Å². The van der Waals surface area contributed by atoms with Gasteiger partial charge in [-0.25, -0.2) is 0 Å². The largest absolute Gasteiger partial charge is 0.398 e. The number of carbonyl (C=O) groups is 1. The Morgan fingerprint density at radius 2 is 2.11 bits per heavy atom. The van der Waals surface area contributed by atoms with Gasteiger partial charge in [-0.05, 0) is 43.9 Å². The average Bonchev–Trinajstić information content (AvgIpc) is 3.10. The molecule has 2 rings (SSSR count). The molecule has 0 bridgehead atoms. The number of Topliss-reactive ketones (excluding diaryl/α,β-unsaturated/α-hetero) is 1. The van der Waals surface area contributed by atoms with Crippen LogP contribution in [0.1, 0.15) is 44.0 Å². The van der Waals surface area contributed by atoms with Gasteiger partial charge in [0, 0.05) is 29.5 Å². The third-order valence-electron chi connectivity index (χ3n) is 3.30. The van der Waals surface area contributed by atoms with Crippen LogP contribution < -0.4 is 10.6 Å². The third-order valence-corrected chi connectivity index (χ3v) is 3.30. The number of nitrogens with two attached hydrogens (primary N) is 1. The molecule has 1 aromatic rings. The quantitative estimate of drug-likeness (QED) is 0.641. The summed E-state index contributed by atoms with van der Waals surface area (Å²) in [4.78, 5) is 14.0. The van der Waals surface area contributed by atoms with Gasteiger partial charge < -0.3 is 10.6 Å². The van der Waals surface area contributed by atoms with Crippen LogP contribution >= 0.6 is 0 Å². The fourth-order valence-corrected chi connectivity index (χ4v) is 2.27. The lowest BCUT2D eigenvalue weighted by Gasteiger charge is -2.27. The molecule has 1 saturated carbocycles. The molecule has 0 aromatic heterocycles. The fourth-order valence-electron chi connectivity index (χ4n) is 2.27. The van der Waals surface area contributed by atoms with Gasteiger partial charge in [0.2, 0.25) is 0 Å². The minimum Gasteiger partial charge on any atom is -0.398 e. The maximum Gasteiger partial charge on any atom is 0.161 e. The lowest BCUT2D eigenvalue weighted by Crippen LogP contribution is -2.30. The van der Waals surface area contributed by atoms with Gasteiger partial charge >= 0.3 is 0 Å². The molecular weight excluding hydrogens is 224 g/mol. The van der Waals surface area contributed by atoms with Gasteiger partial charge in [0.1, 0.15) is 0 Å². The second kappa shape index (κ2) is 5.01. The summed E-state index contributed by atoms with van der Waals surface area (Å²) in [6.07, 6.45) is 2.51. The molecule has 1 aromatic carbocycles. The Bertz CT molecular complexity index is 450. The van der Waals surface area contributed by atoms with Gasteiger partial charge in [0.25, 0.3) is 0 Å². The van der Waals surface area contributed by atoms with Crippen LogP contribution in [0.25, 0.3) is 0 Å². The van der Waals surface area contributed by atoms with Crippen LogP contribution in [0.5, 0.6) is 0 Å². The van der Waals surface area contributed by atoms with E-state index in [0.29, 0.717) is 23.2 Å². The summed E-state index contributed by atoms with van der Waals surface area (Å²) in [5, 5.41) is 0. The lowest BCUT2D eigenvalue weighted by atomic mass is 10.1. The van der Waals surface area contributed by atoms with Gasteiger partial charge in [-0.1, -0.05) is 13.8 Å². The van der Waals surface area contributed by atoms with E-state index in [4.69, 9.17) is 5.73 Å². The Morgan fingerprint density at radius 3 is 2.61 bits per heavy atom. The highest BCUT2D eigenvalue weighted by Gasteiger charge is 2.29. The minimum absolute atomic E-state index is 0.0367. The van der Waals surface area contributed by atoms with E-state index in [1.54, 1.807) is 6.92 Å². The van der Waals surface area contributed by atoms with E-state index in [2.05, 4.69) is 18.7 Å². The number of ketones is 1. The van der Waals surface area contributed by atoms with Crippen LogP contribution in [0.3, 0.4) is 0 Å². The first-order valence-electron chi connectivity index (χ1n) is 6.66. The maximum absolute atomic E-state index is 11.6. The molecule has 1 aliphatic carbocycles. The molecule has 0 aliphatic heterocycles. The predicted octanol–water partition coefficient (Wildman–Crippen LogP) is 3.10. The second-order valence-corrected chi connectivity index (χ2v) is 5.61. The van der Waals surface area contributed by atoms with Crippen molar-refractivity contribution in [3.8, 4) is 0 Å². The van der Waals surface area contributed by atoms with Gasteiger partial charge in [-0.3, -0.25) is 4.79 Å². The molecule has 0 radical (unpaired) electrons. The van der Waals surface area contributed by atoms with Crippen molar-refractivity contribution in [2.45, 2.75) is 39.7 Å². The molecule has 0 heterocycles. The van der Waals surface area contributed by atoms with Crippen LogP contribution in [0, 0.1) is 5.92 Å². The van der Waals surface area contributed by atoms with E-state index in [0.717, 1.165) is 12.2 Å². The number of nitrogens with zero attached hydrogens (tertiary/aromatic N) is 1. The van der Waals surface area contributed by atoms with Crippen molar-refractivity contribution >= 4 is 17.2 Å². The average molecular weight is 246 g/mol. The Labute approximate surface area is 109 Å². The zero-order chi connectivity index (χ0) is 13.3. The van der Waals surface area contributed by atoms with E-state index in [1.165, 1.54) is 12.8 Å². The first-order chi connectivity index (χ1) is 8.49. The summed E-state index contributed by atoms with van der Waals surface area (Å²) in [6.45, 7) is 7.04. The number of rotatable bonds is 5. The molecule has 3 heteroatoms. The molecule has 3 nitrogen and oxygen atoms in total. The SMILES string of the molecule is CC(=O)c1cc(N(CC(C)C)C2CC2)ccc1N. The Kier molecular flexibility index (Phi) is 3.60. The predicted molar refractivity (Wildman–Crippen MR) is 76.1 cm³/mol. The summed E-state index contributed by atoms with van der Waals surface area (Å²) in [7, 11) is 0. The van der Waals surface area contributed by atoms with Gasteiger partial charge in [-0.2, -0.15) is 0 Å². The molecule has 1 fully saturated rings. The zero-order valence-corrected chi connectivity index (χ0v) is 11.4. The monoisotopic (exact) mass is 246 g/mol. The van der Waals surface area contributed by atoms with Crippen LogP contribution in [-0.4, -0.2) is 18.4 Å². The van der Waals surface area contributed by atoms with Crippen LogP contribution in [0.2, 0.25) is 0 Å². The van der Waals surface area contributed by atoms with Crippen molar-refractivity contribution in [3.63, 3.8) is 0 Å². The van der Waals surface area contributed by atoms with E-state index in [-0.39, 0.29) is 5.78 Å². The van der Waals surface area contributed by atoms with Gasteiger partial charge in [0.05, 0.1) is 0 Å². The molecule has 18 heavy (non-hydrogen) atoms. The summed E-state index contributed by atoms with van der Waals surface area (Å²) >= 11 is 0. The molecule has 0 atom stereocenters. The molecule has 0 spiro atoms. The van der Waals surface area contributed by atoms with Crippen LogP contribution in [0.15, 0.2) is 18.2 Å². The number of carbonyl (C=O) groups excluding carboxylic acids is 1. The highest BCUT2D eigenvalue weighted by atomic mass is 16.1. The minimum atomic E-state index is 0.0367. The molecule has 2 N–H and O–H groups in total. The van der Waals surface area contributed by atoms with Crippen LogP contribution in [0.4, 0.5) is 11.4 Å². The smallest absolute Gasteiger partial charge is 0.161 e. The number of hydrogen-bond acceptors (Lipinski definition) is 3. The van der Waals surface area contributed by atoms with Crippen molar-refractivity contribution < 1.29 is 4.79 Å². The van der Waals surface area contributed by atoms with Crippen molar-refractivity contribution in [1.82, 2.24) is 0 Å². The second-order valence-electron chi connectivity index (χ2n) is 5.61. The fraction of sp³-hybridized carbons (Fsp3) is 0.533. The first-order valence-corrected chi connectivity index (χ1v) is 6.66. The topological polar surface area (TPSA) is 46.3 Å². The van der Waals surface area contributed by atoms with Crippen LogP contribution in [-0.2, 0) is 0 Å². The summed E-state index contributed by atoms with van der Waals surface area (Å²) in [5.74, 6) is 0.651. The highest BCUT2D eigenvalue weighted by Crippen LogP contribution is 2.33. The number of nitrogen functional groups attached to an aromatic ring is 1. The van der Waals surface area contributed by atoms with E-state index < -0.39 is 0 Å². The normalized spacial score (nSPS) is 14.9. The standard InChI is InChI=1S/C15H22N2O/c1-10(2)9-17(12-4-5-12)13-6-7-15(16)14(8-13)11(3)18/h6-8,10,12H,4-5,9,16H2,1-3H3. The molecule has 1 aliphatic rings. The first kappa shape index (κ1) is 12.9. The molecule has 0 unspecified atom stereocenters. The molecular formula is C15H22N2O. The maximum atomic E-state index is 11.6. The van der Waals surface area contributed by atoms with E-state index in [1.807, 2.05) is 18.2 Å². The van der Waals surface area contributed by atoms with E-state index in [9.17, 15) is 4.79 Å². The molecule has 0 amide bonds. The van der Waals surface area contributed by atoms with Crippen molar-refractivity contribution in [2.75, 3.05) is 17.2 Å². The van der Waals surface area contributed by atoms with Gasteiger partial charge in [-0.15, -0.1) is 0 Å². The number of anilines is 2. The van der Waals surface area contributed by atoms with Crippen molar-refractivity contribution in [3.05, 3.63) is 23.8 Å². The number of benzene rings is 1. The summed E-state index contributed by atoms with van der Waals surface area (Å²) in [6, 6.07) is 6.47. The Hall–Kier alpha value is -1.51. The zero-order valence-electron chi connectivity index (χ0n) is 11.4. The summed E-state index contributed by atoms with van der Waals surface area (Å²) < 4.78 is 0. The molecule has 98 valence electrons. The lowest BCUT2D eigenvalue weighted by molar-refractivity contribution is 0.101. The van der Waals surface area contributed by atoms with E-state index >= 15 is 0 Å².